The molecule has 1 amide bonds. The highest BCUT2D eigenvalue weighted by Crippen LogP contribution is 2.36. The molecule has 0 spiro atoms. The molecule has 11 heteroatoms. The Morgan fingerprint density at radius 3 is 2.46 bits per heavy atom. The molecule has 0 saturated heterocycles. The van der Waals surface area contributed by atoms with Gasteiger partial charge in [-0.05, 0) is 72.9 Å². The smallest absolute Gasteiger partial charge is 0.255 e. The molecular weight excluding hydrogens is 525 g/mol. The maximum atomic E-state index is 13.5. The highest BCUT2D eigenvalue weighted by atomic mass is 32.2. The Balaban J connectivity index is 1.70. The molecule has 0 radical (unpaired) electrons. The highest BCUT2D eigenvalue weighted by Gasteiger charge is 2.25. The summed E-state index contributed by atoms with van der Waals surface area (Å²) in [5.41, 5.74) is 2.45. The van der Waals surface area contributed by atoms with Crippen molar-refractivity contribution in [1.82, 2.24) is 10.3 Å². The first-order valence-corrected chi connectivity index (χ1v) is 13.4. The van der Waals surface area contributed by atoms with Gasteiger partial charge in [-0.2, -0.15) is 4.98 Å². The lowest BCUT2D eigenvalue weighted by atomic mass is 10.0. The molecule has 2 aromatic carbocycles. The molecule has 0 saturated carbocycles. The van der Waals surface area contributed by atoms with Crippen molar-refractivity contribution < 1.29 is 31.8 Å². The second-order valence-electron chi connectivity index (χ2n) is 8.68. The van der Waals surface area contributed by atoms with Gasteiger partial charge in [0.1, 0.15) is 17.4 Å². The average Bonchev–Trinajstić information content (AvgIpc) is 3.32. The van der Waals surface area contributed by atoms with Crippen molar-refractivity contribution in [3.05, 3.63) is 71.0 Å². The van der Waals surface area contributed by atoms with E-state index in [-0.39, 0.29) is 29.4 Å². The number of furan rings is 1. The van der Waals surface area contributed by atoms with Gasteiger partial charge in [-0.1, -0.05) is 13.0 Å². The minimum Gasteiger partial charge on any atom is -0.755 e. The molecule has 0 bridgehead atoms. The van der Waals surface area contributed by atoms with Gasteiger partial charge in [0.2, 0.25) is 5.71 Å². The molecule has 0 aliphatic heterocycles. The van der Waals surface area contributed by atoms with E-state index in [4.69, 9.17) is 13.9 Å². The van der Waals surface area contributed by atoms with Crippen molar-refractivity contribution in [2.75, 3.05) is 32.1 Å². The van der Waals surface area contributed by atoms with Crippen molar-refractivity contribution in [3.63, 3.8) is 0 Å². The summed E-state index contributed by atoms with van der Waals surface area (Å²) in [6.45, 7) is 2.05. The predicted octanol–water partition coefficient (Wildman–Crippen LogP) is 4.81. The van der Waals surface area contributed by atoms with Gasteiger partial charge in [0, 0.05) is 30.4 Å². The number of pyridine rings is 1. The molecule has 9 nitrogen and oxygen atoms in total. The minimum absolute atomic E-state index is 0.107. The number of carbonyl (C=O) groups excluding carboxylic acids is 1. The largest absolute Gasteiger partial charge is 0.755 e. The number of methoxy groups -OCH3 is 2. The highest BCUT2D eigenvalue weighted by molar-refractivity contribution is 7.80. The van der Waals surface area contributed by atoms with Gasteiger partial charge in [0.05, 0.1) is 25.2 Å². The molecule has 1 unspecified atom stereocenters. The van der Waals surface area contributed by atoms with Gasteiger partial charge >= 0.3 is 0 Å². The summed E-state index contributed by atoms with van der Waals surface area (Å²) in [5.74, 6) is 0.841. The van der Waals surface area contributed by atoms with Gasteiger partial charge < -0.3 is 23.8 Å². The van der Waals surface area contributed by atoms with Gasteiger partial charge in [-0.3, -0.25) is 13.3 Å². The number of benzene rings is 2. The Bertz CT molecular complexity index is 1510. The number of nitrogens with one attached hydrogen (secondary N) is 1. The Kier molecular flexibility index (Phi) is 8.82. The number of carbonyl (C=O) groups is 1. The predicted molar refractivity (Wildman–Crippen MR) is 146 cm³/mol. The lowest BCUT2D eigenvalue weighted by Crippen LogP contribution is -2.29. The van der Waals surface area contributed by atoms with Gasteiger partial charge in [0.15, 0.2) is 11.5 Å². The number of hydrogen-bond donors (Lipinski definition) is 1. The van der Waals surface area contributed by atoms with E-state index in [9.17, 15) is 17.9 Å². The second-order valence-corrected chi connectivity index (χ2v) is 9.56. The first-order chi connectivity index (χ1) is 18.8. The van der Waals surface area contributed by atoms with E-state index in [1.807, 2.05) is 25.1 Å². The molecule has 1 atom stereocenters. The van der Waals surface area contributed by atoms with Gasteiger partial charge in [-0.25, -0.2) is 4.39 Å². The number of aromatic nitrogens is 1. The number of fused-ring (bicyclic) bond motifs is 1. The molecule has 4 aromatic rings. The molecule has 1 N–H and O–H groups in total. The van der Waals surface area contributed by atoms with Crippen molar-refractivity contribution in [1.29, 1.82) is 0 Å². The number of ether oxygens (including phenoxy) is 2. The molecule has 39 heavy (non-hydrogen) atoms. The van der Waals surface area contributed by atoms with E-state index >= 15 is 0 Å². The van der Waals surface area contributed by atoms with Crippen LogP contribution in [0.15, 0.2) is 52.9 Å². The molecule has 0 aliphatic carbocycles. The van der Waals surface area contributed by atoms with Crippen LogP contribution in [0.2, 0.25) is 0 Å². The molecule has 2 aromatic heterocycles. The standard InChI is InChI=1S/C28H30FN3O6S/c1-5-18-16-21-24(27(33)30-2)25(19-9-11-20(29)12-10-19)38-28(21)31-26(18)32(39(34)35)14-6-7-17-8-13-22(36-3)23(15-17)37-4/h8-13,15-16H,5-7,14H2,1-4H3,(H,30,33)(H,34,35)/p-1. The quantitative estimate of drug-likeness (QED) is 0.265. The number of halogens is 1. The third-order valence-corrected chi connectivity index (χ3v) is 7.09. The monoisotopic (exact) mass is 554 g/mol. The van der Waals surface area contributed by atoms with Crippen LogP contribution in [0.25, 0.3) is 22.4 Å². The summed E-state index contributed by atoms with van der Waals surface area (Å²) < 4.78 is 56.0. The van der Waals surface area contributed by atoms with Crippen LogP contribution < -0.4 is 19.1 Å². The second kappa shape index (κ2) is 12.3. The van der Waals surface area contributed by atoms with Crippen LogP contribution in [-0.4, -0.2) is 47.5 Å². The van der Waals surface area contributed by atoms with E-state index in [2.05, 4.69) is 10.3 Å². The minimum atomic E-state index is -2.61. The number of anilines is 1. The van der Waals surface area contributed by atoms with E-state index < -0.39 is 23.0 Å². The molecular formula is C28H29FN3O6S-. The zero-order valence-corrected chi connectivity index (χ0v) is 22.9. The van der Waals surface area contributed by atoms with Crippen LogP contribution in [0.4, 0.5) is 10.2 Å². The van der Waals surface area contributed by atoms with Crippen LogP contribution in [0.3, 0.4) is 0 Å². The van der Waals surface area contributed by atoms with Crippen LogP contribution in [0.1, 0.15) is 34.8 Å². The normalized spacial score (nSPS) is 11.8. The first kappa shape index (κ1) is 28.1. The third kappa shape index (κ3) is 5.89. The molecule has 0 aliphatic rings. The van der Waals surface area contributed by atoms with Crippen LogP contribution >= 0.6 is 0 Å². The molecule has 206 valence electrons. The van der Waals surface area contributed by atoms with Gasteiger partial charge in [-0.15, -0.1) is 0 Å². The Labute approximate surface area is 228 Å². The van der Waals surface area contributed by atoms with E-state index in [1.54, 1.807) is 20.3 Å². The van der Waals surface area contributed by atoms with E-state index in [0.29, 0.717) is 47.3 Å². The molecule has 2 heterocycles. The summed E-state index contributed by atoms with van der Waals surface area (Å²) in [6.07, 6.45) is 1.56. The molecule has 0 fully saturated rings. The maximum absolute atomic E-state index is 13.5. The fourth-order valence-electron chi connectivity index (χ4n) is 4.40. The SMILES string of the molecule is CCc1cc2c(C(=O)NC)c(-c3ccc(F)cc3)oc2nc1N(CCCc1ccc(OC)c(OC)c1)S(=O)[O-]. The Morgan fingerprint density at radius 1 is 1.13 bits per heavy atom. The zero-order valence-electron chi connectivity index (χ0n) is 22.1. The Hall–Kier alpha value is -3.96. The van der Waals surface area contributed by atoms with Crippen molar-refractivity contribution in [2.24, 2.45) is 0 Å². The van der Waals surface area contributed by atoms with Gasteiger partial charge in [0.25, 0.3) is 5.91 Å². The number of nitrogens with zero attached hydrogens (tertiary/aromatic N) is 2. The average molecular weight is 555 g/mol. The number of hydrogen-bond acceptors (Lipinski definition) is 7. The fourth-order valence-corrected chi connectivity index (χ4v) is 4.98. The fraction of sp³-hybridized carbons (Fsp3) is 0.286. The topological polar surface area (TPSA) is 117 Å². The number of rotatable bonds is 11. The number of aryl methyl sites for hydroxylation is 2. The zero-order chi connectivity index (χ0) is 28.1. The van der Waals surface area contributed by atoms with Crippen LogP contribution in [-0.2, 0) is 24.1 Å². The summed E-state index contributed by atoms with van der Waals surface area (Å²) in [5, 5.41) is 3.05. The summed E-state index contributed by atoms with van der Waals surface area (Å²) in [4.78, 5) is 17.4. The first-order valence-electron chi connectivity index (χ1n) is 12.3. The van der Waals surface area contributed by atoms with Crippen molar-refractivity contribution >= 4 is 34.1 Å². The Morgan fingerprint density at radius 2 is 1.85 bits per heavy atom. The maximum Gasteiger partial charge on any atom is 0.255 e. The van der Waals surface area contributed by atoms with Crippen LogP contribution in [0.5, 0.6) is 11.5 Å². The van der Waals surface area contributed by atoms with E-state index in [0.717, 1.165) is 5.56 Å². The lowest BCUT2D eigenvalue weighted by Gasteiger charge is -2.27. The van der Waals surface area contributed by atoms with Crippen molar-refractivity contribution in [2.45, 2.75) is 26.2 Å². The summed E-state index contributed by atoms with van der Waals surface area (Å²) >= 11 is -2.61. The third-order valence-electron chi connectivity index (χ3n) is 6.37. The van der Waals surface area contributed by atoms with Crippen molar-refractivity contribution in [3.8, 4) is 22.8 Å². The van der Waals surface area contributed by atoms with E-state index in [1.165, 1.54) is 35.6 Å². The summed E-state index contributed by atoms with van der Waals surface area (Å²) in [7, 11) is 4.62. The molecule has 4 rings (SSSR count). The van der Waals surface area contributed by atoms with Crippen LogP contribution in [0, 0.1) is 5.82 Å². The lowest BCUT2D eigenvalue weighted by molar-refractivity contribution is 0.0964. The number of amides is 1. The summed E-state index contributed by atoms with van der Waals surface area (Å²) in [6, 6.07) is 12.9.